The standard InChI is InChI=1S/C23H20F3N9O/c1-13-9-14(21-29-11-15-10-16(23(24,25)26)4-5-17(15)31-21)3-6-18(13)34(2)22(36)19-7-8-30-35(19)12-20(27)32-33-28/h3-11H,12H2,1-2H3,(H3,27,28,32). The summed E-state index contributed by atoms with van der Waals surface area (Å²) < 4.78 is 40.2. The largest absolute Gasteiger partial charge is 0.416 e. The molecule has 2 aromatic carbocycles. The van der Waals surface area contributed by atoms with E-state index in [1.807, 2.05) is 6.92 Å². The molecule has 2 heterocycles. The first-order valence-corrected chi connectivity index (χ1v) is 10.5. The number of alkyl halides is 3. The molecule has 13 heteroatoms. The Kier molecular flexibility index (Phi) is 6.47. The first-order valence-electron chi connectivity index (χ1n) is 10.5. The van der Waals surface area contributed by atoms with Gasteiger partial charge in [-0.3, -0.25) is 14.9 Å². The van der Waals surface area contributed by atoms with Gasteiger partial charge in [-0.05, 0) is 55.0 Å². The molecule has 0 aliphatic carbocycles. The Morgan fingerprint density at radius 2 is 1.97 bits per heavy atom. The predicted molar refractivity (Wildman–Crippen MR) is 126 cm³/mol. The summed E-state index contributed by atoms with van der Waals surface area (Å²) in [4.78, 5) is 23.2. The molecule has 0 bridgehead atoms. The van der Waals surface area contributed by atoms with E-state index < -0.39 is 11.7 Å². The SMILES string of the molecule is Cc1cc(-c2ncc3cc(C(F)(F)F)ccc3n2)ccc1N(C)C(=O)c1ccnn1CC(=N)N=NN. The molecule has 0 spiro atoms. The second-order valence-electron chi connectivity index (χ2n) is 7.87. The van der Waals surface area contributed by atoms with Gasteiger partial charge in [-0.15, -0.1) is 5.11 Å². The van der Waals surface area contributed by atoms with Gasteiger partial charge in [0.2, 0.25) is 0 Å². The summed E-state index contributed by atoms with van der Waals surface area (Å²) >= 11 is 0. The third kappa shape index (κ3) is 4.89. The number of nitrogens with zero attached hydrogens (tertiary/aromatic N) is 7. The zero-order valence-electron chi connectivity index (χ0n) is 19.2. The van der Waals surface area contributed by atoms with E-state index in [1.165, 1.54) is 34.1 Å². The fourth-order valence-corrected chi connectivity index (χ4v) is 3.68. The number of fused-ring (bicyclic) bond motifs is 1. The van der Waals surface area contributed by atoms with Crippen LogP contribution in [0.4, 0.5) is 18.9 Å². The van der Waals surface area contributed by atoms with Crippen LogP contribution in [0, 0.1) is 12.3 Å². The number of aryl methyl sites for hydroxylation is 1. The van der Waals surface area contributed by atoms with Crippen LogP contribution in [0.3, 0.4) is 0 Å². The van der Waals surface area contributed by atoms with Crippen LogP contribution in [-0.4, -0.2) is 38.5 Å². The van der Waals surface area contributed by atoms with Gasteiger partial charge in [-0.1, -0.05) is 5.22 Å². The highest BCUT2D eigenvalue weighted by molar-refractivity contribution is 6.05. The lowest BCUT2D eigenvalue weighted by molar-refractivity contribution is -0.137. The molecule has 0 atom stereocenters. The minimum atomic E-state index is -4.45. The second kappa shape index (κ2) is 9.52. The van der Waals surface area contributed by atoms with Crippen molar-refractivity contribution in [2.75, 3.05) is 11.9 Å². The van der Waals surface area contributed by atoms with Crippen molar-refractivity contribution in [3.63, 3.8) is 0 Å². The topological polar surface area (TPSA) is 138 Å². The summed E-state index contributed by atoms with van der Waals surface area (Å²) in [5.74, 6) is 4.79. The summed E-state index contributed by atoms with van der Waals surface area (Å²) in [6.45, 7) is 1.73. The lowest BCUT2D eigenvalue weighted by Gasteiger charge is -2.20. The molecule has 184 valence electrons. The van der Waals surface area contributed by atoms with Gasteiger partial charge in [-0.25, -0.2) is 9.97 Å². The lowest BCUT2D eigenvalue weighted by Crippen LogP contribution is -2.30. The number of carbonyl (C=O) groups excluding carboxylic acids is 1. The molecule has 0 saturated heterocycles. The van der Waals surface area contributed by atoms with E-state index in [2.05, 4.69) is 25.4 Å². The van der Waals surface area contributed by atoms with Crippen LogP contribution in [0.2, 0.25) is 0 Å². The van der Waals surface area contributed by atoms with Crippen LogP contribution in [0.5, 0.6) is 0 Å². The number of carbonyl (C=O) groups is 1. The molecular formula is C23H20F3N9O. The Balaban J connectivity index is 1.59. The number of aromatic nitrogens is 4. The van der Waals surface area contributed by atoms with E-state index in [0.717, 1.165) is 17.7 Å². The highest BCUT2D eigenvalue weighted by Crippen LogP contribution is 2.32. The van der Waals surface area contributed by atoms with Crippen LogP contribution in [0.15, 0.2) is 65.2 Å². The molecule has 0 radical (unpaired) electrons. The Morgan fingerprint density at radius 1 is 1.19 bits per heavy atom. The van der Waals surface area contributed by atoms with Crippen molar-refractivity contribution in [3.05, 3.63) is 71.7 Å². The maximum atomic E-state index is 13.1. The number of hydrogen-bond donors (Lipinski definition) is 2. The first-order chi connectivity index (χ1) is 17.1. The fourth-order valence-electron chi connectivity index (χ4n) is 3.68. The third-order valence-electron chi connectivity index (χ3n) is 5.44. The minimum absolute atomic E-state index is 0.0791. The minimum Gasteiger partial charge on any atom is -0.310 e. The molecule has 10 nitrogen and oxygen atoms in total. The molecule has 0 unspecified atom stereocenters. The van der Waals surface area contributed by atoms with Gasteiger partial charge in [-0.2, -0.15) is 18.3 Å². The van der Waals surface area contributed by atoms with Crippen molar-refractivity contribution in [2.45, 2.75) is 19.6 Å². The molecular weight excluding hydrogens is 475 g/mol. The summed E-state index contributed by atoms with van der Waals surface area (Å²) in [5.41, 5.74) is 1.87. The Labute approximate surface area is 202 Å². The number of nitrogens with one attached hydrogen (secondary N) is 1. The summed E-state index contributed by atoms with van der Waals surface area (Å²) in [7, 11) is 1.61. The summed E-state index contributed by atoms with van der Waals surface area (Å²) in [5, 5.41) is 18.5. The molecule has 0 fully saturated rings. The summed E-state index contributed by atoms with van der Waals surface area (Å²) in [6, 6.07) is 10.1. The normalized spacial score (nSPS) is 11.8. The zero-order valence-corrected chi connectivity index (χ0v) is 19.2. The van der Waals surface area contributed by atoms with E-state index >= 15 is 0 Å². The van der Waals surface area contributed by atoms with E-state index in [0.29, 0.717) is 22.6 Å². The van der Waals surface area contributed by atoms with Gasteiger partial charge in [0.1, 0.15) is 12.2 Å². The molecule has 36 heavy (non-hydrogen) atoms. The third-order valence-corrected chi connectivity index (χ3v) is 5.44. The number of hydrogen-bond acceptors (Lipinski definition) is 6. The van der Waals surface area contributed by atoms with Gasteiger partial charge < -0.3 is 10.7 Å². The van der Waals surface area contributed by atoms with Crippen molar-refractivity contribution in [1.29, 1.82) is 5.41 Å². The number of anilines is 1. The van der Waals surface area contributed by atoms with E-state index in [1.54, 1.807) is 25.2 Å². The molecule has 0 saturated carbocycles. The predicted octanol–water partition coefficient (Wildman–Crippen LogP) is 4.40. The molecule has 3 N–H and O–H groups in total. The van der Waals surface area contributed by atoms with Crippen LogP contribution < -0.4 is 10.7 Å². The fraction of sp³-hybridized carbons (Fsp3) is 0.174. The first kappa shape index (κ1) is 24.4. The van der Waals surface area contributed by atoms with Crippen molar-refractivity contribution < 1.29 is 18.0 Å². The zero-order chi connectivity index (χ0) is 26.0. The van der Waals surface area contributed by atoms with E-state index in [4.69, 9.17) is 11.3 Å². The maximum absolute atomic E-state index is 13.1. The number of amidine groups is 1. The summed E-state index contributed by atoms with van der Waals surface area (Å²) in [6.07, 6.45) is -1.65. The van der Waals surface area contributed by atoms with Crippen molar-refractivity contribution >= 4 is 28.3 Å². The monoisotopic (exact) mass is 495 g/mol. The molecule has 1 amide bonds. The van der Waals surface area contributed by atoms with Crippen LogP contribution in [0.25, 0.3) is 22.3 Å². The van der Waals surface area contributed by atoms with Gasteiger partial charge in [0, 0.05) is 36.1 Å². The van der Waals surface area contributed by atoms with Gasteiger partial charge in [0.05, 0.1) is 11.1 Å². The number of rotatable bonds is 5. The van der Waals surface area contributed by atoms with Gasteiger partial charge in [0.15, 0.2) is 11.7 Å². The van der Waals surface area contributed by atoms with Crippen LogP contribution >= 0.6 is 0 Å². The van der Waals surface area contributed by atoms with Crippen LogP contribution in [-0.2, 0) is 12.7 Å². The Hall–Kier alpha value is -4.68. The Morgan fingerprint density at radius 3 is 2.67 bits per heavy atom. The Bertz CT molecular complexity index is 1490. The molecule has 4 aromatic rings. The second-order valence-corrected chi connectivity index (χ2v) is 7.87. The van der Waals surface area contributed by atoms with Crippen LogP contribution in [0.1, 0.15) is 21.6 Å². The van der Waals surface area contributed by atoms with E-state index in [-0.39, 0.29) is 29.4 Å². The van der Waals surface area contributed by atoms with Crippen molar-refractivity contribution in [1.82, 2.24) is 19.7 Å². The number of halogens is 3. The van der Waals surface area contributed by atoms with Crippen molar-refractivity contribution in [3.8, 4) is 11.4 Å². The number of benzene rings is 2. The van der Waals surface area contributed by atoms with E-state index in [9.17, 15) is 18.0 Å². The lowest BCUT2D eigenvalue weighted by atomic mass is 10.1. The van der Waals surface area contributed by atoms with Gasteiger partial charge >= 0.3 is 6.18 Å². The smallest absolute Gasteiger partial charge is 0.310 e. The molecule has 4 rings (SSSR count). The molecule has 0 aliphatic heterocycles. The maximum Gasteiger partial charge on any atom is 0.416 e. The molecule has 2 aromatic heterocycles. The average Bonchev–Trinajstić information content (AvgIpc) is 3.29. The number of nitrogens with two attached hydrogens (primary N) is 1. The highest BCUT2D eigenvalue weighted by Gasteiger charge is 2.30. The van der Waals surface area contributed by atoms with Gasteiger partial charge in [0.25, 0.3) is 5.91 Å². The molecule has 0 aliphatic rings. The van der Waals surface area contributed by atoms with Crippen molar-refractivity contribution in [2.24, 2.45) is 16.2 Å². The number of amides is 1. The highest BCUT2D eigenvalue weighted by atomic mass is 19.4. The average molecular weight is 495 g/mol. The quantitative estimate of drug-likeness (QED) is 0.139.